The van der Waals surface area contributed by atoms with Crippen LogP contribution in [0.4, 0.5) is 0 Å². The van der Waals surface area contributed by atoms with E-state index in [0.29, 0.717) is 5.56 Å². The molecule has 0 fully saturated rings. The van der Waals surface area contributed by atoms with Gasteiger partial charge in [-0.25, -0.2) is 4.79 Å². The quantitative estimate of drug-likeness (QED) is 0.811. The van der Waals surface area contributed by atoms with Crippen molar-refractivity contribution in [3.63, 3.8) is 0 Å². The Bertz CT molecular complexity index is 761. The van der Waals surface area contributed by atoms with Crippen LogP contribution in [0.15, 0.2) is 33.9 Å². The van der Waals surface area contributed by atoms with Crippen LogP contribution < -0.4 is 11.2 Å². The predicted octanol–water partition coefficient (Wildman–Crippen LogP) is 2.03. The molecule has 0 spiro atoms. The molecule has 1 N–H and O–H groups in total. The van der Waals surface area contributed by atoms with Gasteiger partial charge in [-0.1, -0.05) is 35.9 Å². The van der Waals surface area contributed by atoms with Gasteiger partial charge >= 0.3 is 5.69 Å². The summed E-state index contributed by atoms with van der Waals surface area (Å²) in [5, 5.41) is 0.123. The molecule has 1 aliphatic carbocycles. The molecule has 98 valence electrons. The number of hydrogen-bond acceptors (Lipinski definition) is 2. The summed E-state index contributed by atoms with van der Waals surface area (Å²) in [4.78, 5) is 26.8. The van der Waals surface area contributed by atoms with Gasteiger partial charge in [0.15, 0.2) is 0 Å². The second kappa shape index (κ2) is 4.38. The minimum atomic E-state index is -0.442. The number of benzene rings is 1. The third-order valence-electron chi connectivity index (χ3n) is 3.72. The average molecular weight is 277 g/mol. The van der Waals surface area contributed by atoms with E-state index in [1.54, 1.807) is 6.92 Å². The lowest BCUT2D eigenvalue weighted by atomic mass is 10.1. The largest absolute Gasteiger partial charge is 0.330 e. The summed E-state index contributed by atoms with van der Waals surface area (Å²) in [6, 6.07) is 7.73. The van der Waals surface area contributed by atoms with Crippen LogP contribution in [0.3, 0.4) is 0 Å². The van der Waals surface area contributed by atoms with E-state index in [4.69, 9.17) is 11.6 Å². The highest BCUT2D eigenvalue weighted by molar-refractivity contribution is 6.30. The number of fused-ring (bicyclic) bond motifs is 1. The normalized spacial score (nSPS) is 17.5. The minimum Gasteiger partial charge on any atom is -0.297 e. The highest BCUT2D eigenvalue weighted by Crippen LogP contribution is 2.32. The minimum absolute atomic E-state index is 0.123. The molecule has 1 heterocycles. The molecule has 1 unspecified atom stereocenters. The van der Waals surface area contributed by atoms with Gasteiger partial charge in [0.25, 0.3) is 5.56 Å². The molecule has 5 heteroatoms. The zero-order chi connectivity index (χ0) is 13.6. The molecular weight excluding hydrogens is 264 g/mol. The lowest BCUT2D eigenvalue weighted by molar-refractivity contribution is 0.530. The van der Waals surface area contributed by atoms with Gasteiger partial charge in [0.1, 0.15) is 5.15 Å². The molecule has 0 bridgehead atoms. The van der Waals surface area contributed by atoms with Crippen molar-refractivity contribution in [1.82, 2.24) is 9.55 Å². The number of aromatic amines is 1. The number of rotatable bonds is 1. The molecular formula is C14H13ClN2O2. The van der Waals surface area contributed by atoms with Gasteiger partial charge < -0.3 is 0 Å². The predicted molar refractivity (Wildman–Crippen MR) is 74.0 cm³/mol. The number of halogens is 1. The molecule has 0 aliphatic heterocycles. The topological polar surface area (TPSA) is 54.9 Å². The van der Waals surface area contributed by atoms with Crippen molar-refractivity contribution in [2.75, 3.05) is 0 Å². The van der Waals surface area contributed by atoms with Gasteiger partial charge in [0.05, 0.1) is 6.04 Å². The maximum Gasteiger partial charge on any atom is 0.330 e. The smallest absolute Gasteiger partial charge is 0.297 e. The van der Waals surface area contributed by atoms with Crippen LogP contribution in [-0.4, -0.2) is 9.55 Å². The number of nitrogens with one attached hydrogen (secondary N) is 1. The van der Waals surface area contributed by atoms with E-state index in [9.17, 15) is 9.59 Å². The summed E-state index contributed by atoms with van der Waals surface area (Å²) in [5.74, 6) is 0. The highest BCUT2D eigenvalue weighted by Gasteiger charge is 2.26. The van der Waals surface area contributed by atoms with E-state index in [-0.39, 0.29) is 16.8 Å². The maximum atomic E-state index is 12.3. The molecule has 1 atom stereocenters. The van der Waals surface area contributed by atoms with Crippen molar-refractivity contribution in [2.45, 2.75) is 25.8 Å². The summed E-state index contributed by atoms with van der Waals surface area (Å²) >= 11 is 5.83. The first kappa shape index (κ1) is 12.2. The van der Waals surface area contributed by atoms with E-state index in [2.05, 4.69) is 4.98 Å². The Balaban J connectivity index is 2.24. The number of hydrogen-bond donors (Lipinski definition) is 1. The Kier molecular flexibility index (Phi) is 2.82. The molecule has 1 aromatic carbocycles. The van der Waals surface area contributed by atoms with Crippen LogP contribution in [-0.2, 0) is 6.42 Å². The standard InChI is InChI=1S/C14H13ClN2O2/c1-8-12(15)16-14(19)17(13(8)18)11-7-6-9-4-2-3-5-10(9)11/h2-5,11H,6-7H2,1H3,(H,16,19). The van der Waals surface area contributed by atoms with Crippen molar-refractivity contribution < 1.29 is 0 Å². The lowest BCUT2D eigenvalue weighted by Gasteiger charge is -2.15. The molecule has 2 aromatic rings. The molecule has 0 saturated carbocycles. The van der Waals surface area contributed by atoms with E-state index in [1.807, 2.05) is 24.3 Å². The molecule has 0 radical (unpaired) electrons. The summed E-state index contributed by atoms with van der Waals surface area (Å²) in [5.41, 5.74) is 1.88. The Morgan fingerprint density at radius 2 is 2.05 bits per heavy atom. The third kappa shape index (κ3) is 1.83. The van der Waals surface area contributed by atoms with Crippen LogP contribution in [0.25, 0.3) is 0 Å². The Hall–Kier alpha value is -1.81. The van der Waals surface area contributed by atoms with E-state index in [1.165, 1.54) is 10.1 Å². The van der Waals surface area contributed by atoms with Gasteiger partial charge in [-0.2, -0.15) is 0 Å². The molecule has 1 aliphatic rings. The molecule has 19 heavy (non-hydrogen) atoms. The monoisotopic (exact) mass is 276 g/mol. The number of nitrogens with zero attached hydrogens (tertiary/aromatic N) is 1. The average Bonchev–Trinajstić information content (AvgIpc) is 2.81. The summed E-state index contributed by atoms with van der Waals surface area (Å²) in [7, 11) is 0. The van der Waals surface area contributed by atoms with E-state index < -0.39 is 5.69 Å². The van der Waals surface area contributed by atoms with Gasteiger partial charge in [-0.05, 0) is 30.9 Å². The van der Waals surface area contributed by atoms with E-state index >= 15 is 0 Å². The van der Waals surface area contributed by atoms with Crippen molar-refractivity contribution >= 4 is 11.6 Å². The number of aryl methyl sites for hydroxylation is 1. The van der Waals surface area contributed by atoms with Crippen LogP contribution in [0, 0.1) is 6.92 Å². The Morgan fingerprint density at radius 1 is 1.32 bits per heavy atom. The highest BCUT2D eigenvalue weighted by atomic mass is 35.5. The first-order valence-corrected chi connectivity index (χ1v) is 6.56. The fourth-order valence-corrected chi connectivity index (χ4v) is 2.86. The van der Waals surface area contributed by atoms with Gasteiger partial charge in [0, 0.05) is 5.56 Å². The zero-order valence-electron chi connectivity index (χ0n) is 10.4. The first-order valence-electron chi connectivity index (χ1n) is 6.18. The van der Waals surface area contributed by atoms with Crippen LogP contribution >= 0.6 is 11.6 Å². The van der Waals surface area contributed by atoms with Crippen molar-refractivity contribution in [2.24, 2.45) is 0 Å². The van der Waals surface area contributed by atoms with Crippen molar-refractivity contribution in [3.05, 3.63) is 66.9 Å². The van der Waals surface area contributed by atoms with Crippen molar-refractivity contribution in [3.8, 4) is 0 Å². The molecule has 0 amide bonds. The molecule has 3 rings (SSSR count). The second-order valence-electron chi connectivity index (χ2n) is 4.80. The van der Waals surface area contributed by atoms with Crippen LogP contribution in [0.5, 0.6) is 0 Å². The number of H-pyrrole nitrogens is 1. The first-order chi connectivity index (χ1) is 9.09. The Labute approximate surface area is 114 Å². The fraction of sp³-hybridized carbons (Fsp3) is 0.286. The van der Waals surface area contributed by atoms with Gasteiger partial charge in [-0.15, -0.1) is 0 Å². The summed E-state index contributed by atoms with van der Waals surface area (Å²) in [6.07, 6.45) is 1.65. The summed E-state index contributed by atoms with van der Waals surface area (Å²) in [6.45, 7) is 1.62. The maximum absolute atomic E-state index is 12.3. The molecule has 1 aromatic heterocycles. The Morgan fingerprint density at radius 3 is 2.84 bits per heavy atom. The SMILES string of the molecule is Cc1c(Cl)[nH]c(=O)n(C2CCc3ccccc32)c1=O. The zero-order valence-corrected chi connectivity index (χ0v) is 11.2. The molecule has 4 nitrogen and oxygen atoms in total. The van der Waals surface area contributed by atoms with E-state index in [0.717, 1.165) is 18.4 Å². The van der Waals surface area contributed by atoms with Gasteiger partial charge in [-0.3, -0.25) is 14.3 Å². The van der Waals surface area contributed by atoms with Gasteiger partial charge in [0.2, 0.25) is 0 Å². The number of aromatic nitrogens is 2. The van der Waals surface area contributed by atoms with Crippen LogP contribution in [0.1, 0.15) is 29.2 Å². The fourth-order valence-electron chi connectivity index (χ4n) is 2.70. The second-order valence-corrected chi connectivity index (χ2v) is 5.18. The molecule has 0 saturated heterocycles. The third-order valence-corrected chi connectivity index (χ3v) is 4.10. The van der Waals surface area contributed by atoms with Crippen molar-refractivity contribution in [1.29, 1.82) is 0 Å². The van der Waals surface area contributed by atoms with Crippen LogP contribution in [0.2, 0.25) is 5.15 Å². The summed E-state index contributed by atoms with van der Waals surface area (Å²) < 4.78 is 1.28. The lowest BCUT2D eigenvalue weighted by Crippen LogP contribution is -2.39.